The Hall–Kier alpha value is -3.94. The molecule has 1 aliphatic rings. The van der Waals surface area contributed by atoms with Crippen LogP contribution in [0.4, 0.5) is 16.0 Å². The highest BCUT2D eigenvalue weighted by atomic mass is 19.1. The van der Waals surface area contributed by atoms with Crippen LogP contribution in [-0.2, 0) is 4.79 Å². The van der Waals surface area contributed by atoms with Crippen molar-refractivity contribution in [3.63, 3.8) is 0 Å². The summed E-state index contributed by atoms with van der Waals surface area (Å²) in [5.41, 5.74) is 7.57. The highest BCUT2D eigenvalue weighted by Gasteiger charge is 2.30. The van der Waals surface area contributed by atoms with Gasteiger partial charge in [0.25, 0.3) is 0 Å². The smallest absolute Gasteiger partial charge is 0.246 e. The molecule has 2 atom stereocenters. The summed E-state index contributed by atoms with van der Waals surface area (Å²) in [6.45, 7) is 3.89. The second-order valence-electron chi connectivity index (χ2n) is 7.54. The molecule has 0 aliphatic carbocycles. The van der Waals surface area contributed by atoms with Crippen LogP contribution in [0.25, 0.3) is 11.1 Å². The van der Waals surface area contributed by atoms with E-state index in [0.29, 0.717) is 29.5 Å². The summed E-state index contributed by atoms with van der Waals surface area (Å²) in [5, 5.41) is 3.25. The Bertz CT molecular complexity index is 1090. The monoisotopic (exact) mass is 433 g/mol. The van der Waals surface area contributed by atoms with Gasteiger partial charge in [-0.3, -0.25) is 4.79 Å². The minimum Gasteiger partial charge on any atom is -0.457 e. The van der Waals surface area contributed by atoms with Crippen LogP contribution in [0.5, 0.6) is 11.5 Å². The van der Waals surface area contributed by atoms with E-state index in [4.69, 9.17) is 10.5 Å². The van der Waals surface area contributed by atoms with Crippen LogP contribution >= 0.6 is 0 Å². The lowest BCUT2D eigenvalue weighted by atomic mass is 10.0. The zero-order valence-electron chi connectivity index (χ0n) is 17.4. The van der Waals surface area contributed by atoms with Crippen LogP contribution in [0.1, 0.15) is 6.42 Å². The van der Waals surface area contributed by atoms with Gasteiger partial charge in [-0.1, -0.05) is 36.9 Å². The molecule has 0 spiro atoms. The van der Waals surface area contributed by atoms with Crippen LogP contribution in [0.3, 0.4) is 0 Å². The van der Waals surface area contributed by atoms with E-state index in [1.54, 1.807) is 0 Å². The number of likely N-dealkylation sites (tertiary alicyclic amines) is 1. The van der Waals surface area contributed by atoms with Crippen LogP contribution in [-0.4, -0.2) is 46.1 Å². The third-order valence-electron chi connectivity index (χ3n) is 5.23. The van der Waals surface area contributed by atoms with E-state index in [0.717, 1.165) is 11.3 Å². The zero-order chi connectivity index (χ0) is 22.5. The molecule has 7 nitrogen and oxygen atoms in total. The van der Waals surface area contributed by atoms with E-state index < -0.39 is 6.17 Å². The number of nitrogens with zero attached hydrogens (tertiary/aromatic N) is 3. The minimum atomic E-state index is -1.14. The Morgan fingerprint density at radius 2 is 1.84 bits per heavy atom. The maximum atomic E-state index is 14.3. The molecule has 0 radical (unpaired) electrons. The first-order valence-electron chi connectivity index (χ1n) is 10.3. The SMILES string of the molecule is C=CC(=O)N1C[C@@H](F)C[C@H](Nc2ncnc(N)c2-c2ccc(Oc3ccccc3)cc2)C1. The average molecular weight is 433 g/mol. The lowest BCUT2D eigenvalue weighted by Gasteiger charge is -2.35. The van der Waals surface area contributed by atoms with E-state index in [-0.39, 0.29) is 24.9 Å². The molecule has 3 aromatic rings. The van der Waals surface area contributed by atoms with Gasteiger partial charge in [-0.05, 0) is 35.9 Å². The predicted molar refractivity (Wildman–Crippen MR) is 122 cm³/mol. The molecule has 0 saturated carbocycles. The van der Waals surface area contributed by atoms with Crippen molar-refractivity contribution in [3.05, 3.63) is 73.6 Å². The first kappa shape index (κ1) is 21.3. The Morgan fingerprint density at radius 3 is 2.56 bits per heavy atom. The van der Waals surface area contributed by atoms with Gasteiger partial charge in [0, 0.05) is 19.0 Å². The number of carbonyl (C=O) groups excluding carboxylic acids is 1. The number of benzene rings is 2. The van der Waals surface area contributed by atoms with Gasteiger partial charge in [0.05, 0.1) is 12.1 Å². The van der Waals surface area contributed by atoms with Gasteiger partial charge in [-0.25, -0.2) is 14.4 Å². The number of nitrogens with one attached hydrogen (secondary N) is 1. The van der Waals surface area contributed by atoms with Crippen molar-refractivity contribution in [1.82, 2.24) is 14.9 Å². The van der Waals surface area contributed by atoms with Crippen LogP contribution in [0.2, 0.25) is 0 Å². The minimum absolute atomic E-state index is 0.0602. The predicted octanol–water partition coefficient (Wildman–Crippen LogP) is 4.06. The molecule has 3 N–H and O–H groups in total. The van der Waals surface area contributed by atoms with Crippen molar-refractivity contribution in [3.8, 4) is 22.6 Å². The number of aromatic nitrogens is 2. The largest absolute Gasteiger partial charge is 0.457 e. The van der Waals surface area contributed by atoms with Crippen LogP contribution < -0.4 is 15.8 Å². The normalized spacial score (nSPS) is 18.1. The number of anilines is 2. The topological polar surface area (TPSA) is 93.4 Å². The standard InChI is InChI=1S/C24H24FN5O2/c1-2-21(31)30-13-17(25)12-18(14-30)29-24-22(23(26)27-15-28-24)16-8-10-20(11-9-16)32-19-6-4-3-5-7-19/h2-11,15,17-18H,1,12-14H2,(H3,26,27,28,29)/t17-,18-/m0/s1. The number of halogens is 1. The summed E-state index contributed by atoms with van der Waals surface area (Å²) in [6.07, 6.45) is 1.68. The molecule has 8 heteroatoms. The molecule has 2 aromatic carbocycles. The molecule has 1 aliphatic heterocycles. The quantitative estimate of drug-likeness (QED) is 0.570. The number of ether oxygens (including phenoxy) is 1. The van der Waals surface area contributed by atoms with E-state index in [2.05, 4.69) is 21.9 Å². The second kappa shape index (κ2) is 9.47. The number of hydrogen-bond donors (Lipinski definition) is 2. The summed E-state index contributed by atoms with van der Waals surface area (Å²) >= 11 is 0. The van der Waals surface area contributed by atoms with Gasteiger partial charge < -0.3 is 20.7 Å². The Kier molecular flexibility index (Phi) is 6.30. The zero-order valence-corrected chi connectivity index (χ0v) is 17.4. The van der Waals surface area contributed by atoms with Gasteiger partial charge in [0.1, 0.15) is 35.6 Å². The van der Waals surface area contributed by atoms with Crippen molar-refractivity contribution < 1.29 is 13.9 Å². The fourth-order valence-electron chi connectivity index (χ4n) is 3.75. The maximum absolute atomic E-state index is 14.3. The third kappa shape index (κ3) is 4.85. The third-order valence-corrected chi connectivity index (χ3v) is 5.23. The molecular weight excluding hydrogens is 409 g/mol. The fourth-order valence-corrected chi connectivity index (χ4v) is 3.75. The lowest BCUT2D eigenvalue weighted by Crippen LogP contribution is -2.49. The summed E-state index contributed by atoms with van der Waals surface area (Å²) in [6, 6.07) is 16.6. The van der Waals surface area contributed by atoms with Crippen molar-refractivity contribution in [1.29, 1.82) is 0 Å². The molecule has 32 heavy (non-hydrogen) atoms. The molecule has 164 valence electrons. The molecule has 1 amide bonds. The van der Waals surface area contributed by atoms with Crippen molar-refractivity contribution in [2.24, 2.45) is 0 Å². The number of alkyl halides is 1. The second-order valence-corrected chi connectivity index (χ2v) is 7.54. The van der Waals surface area contributed by atoms with Crippen molar-refractivity contribution in [2.75, 3.05) is 24.1 Å². The number of hydrogen-bond acceptors (Lipinski definition) is 6. The number of nitrogen functional groups attached to an aromatic ring is 1. The van der Waals surface area contributed by atoms with Gasteiger partial charge in [0.2, 0.25) is 5.91 Å². The van der Waals surface area contributed by atoms with Crippen LogP contribution in [0.15, 0.2) is 73.6 Å². The van der Waals surface area contributed by atoms with Gasteiger partial charge in [-0.2, -0.15) is 0 Å². The maximum Gasteiger partial charge on any atom is 0.246 e. The van der Waals surface area contributed by atoms with Gasteiger partial charge in [0.15, 0.2) is 0 Å². The van der Waals surface area contributed by atoms with E-state index >= 15 is 0 Å². The van der Waals surface area contributed by atoms with Crippen LogP contribution in [0, 0.1) is 0 Å². The Balaban J connectivity index is 1.55. The number of para-hydroxylation sites is 1. The average Bonchev–Trinajstić information content (AvgIpc) is 2.80. The highest BCUT2D eigenvalue weighted by Crippen LogP contribution is 2.33. The highest BCUT2D eigenvalue weighted by molar-refractivity contribution is 5.87. The summed E-state index contributed by atoms with van der Waals surface area (Å²) in [7, 11) is 0. The van der Waals surface area contributed by atoms with Crippen molar-refractivity contribution >= 4 is 17.5 Å². The Morgan fingerprint density at radius 1 is 1.12 bits per heavy atom. The molecule has 0 unspecified atom stereocenters. The molecule has 0 bridgehead atoms. The van der Waals surface area contributed by atoms with Crippen molar-refractivity contribution in [2.45, 2.75) is 18.6 Å². The summed E-state index contributed by atoms with van der Waals surface area (Å²) in [4.78, 5) is 21.9. The lowest BCUT2D eigenvalue weighted by molar-refractivity contribution is -0.128. The molecule has 1 aromatic heterocycles. The molecule has 1 fully saturated rings. The van der Waals surface area contributed by atoms with E-state index in [9.17, 15) is 9.18 Å². The summed E-state index contributed by atoms with van der Waals surface area (Å²) in [5.74, 6) is 1.90. The fraction of sp³-hybridized carbons (Fsp3) is 0.208. The summed E-state index contributed by atoms with van der Waals surface area (Å²) < 4.78 is 20.1. The molecule has 1 saturated heterocycles. The number of piperidine rings is 1. The van der Waals surface area contributed by atoms with E-state index in [1.165, 1.54) is 17.3 Å². The number of nitrogens with two attached hydrogens (primary N) is 1. The molecular formula is C24H24FN5O2. The first-order chi connectivity index (χ1) is 15.5. The Labute approximate surface area is 185 Å². The molecule has 4 rings (SSSR count). The van der Waals surface area contributed by atoms with Gasteiger partial charge in [-0.15, -0.1) is 0 Å². The number of carbonyl (C=O) groups is 1. The first-order valence-corrected chi connectivity index (χ1v) is 10.3. The number of rotatable bonds is 6. The molecule has 2 heterocycles. The van der Waals surface area contributed by atoms with E-state index in [1.807, 2.05) is 54.6 Å². The van der Waals surface area contributed by atoms with Gasteiger partial charge >= 0.3 is 0 Å². The number of amides is 1.